The van der Waals surface area contributed by atoms with Crippen molar-refractivity contribution in [3.63, 3.8) is 0 Å². The molecule has 1 unspecified atom stereocenters. The van der Waals surface area contributed by atoms with Crippen molar-refractivity contribution in [2.24, 2.45) is 17.8 Å². The van der Waals surface area contributed by atoms with Gasteiger partial charge in [-0.05, 0) is 31.1 Å². The molecule has 0 aromatic heterocycles. The van der Waals surface area contributed by atoms with E-state index in [1.54, 1.807) is 0 Å². The summed E-state index contributed by atoms with van der Waals surface area (Å²) in [4.78, 5) is 23.5. The minimum Gasteiger partial charge on any atom is -0.468 e. The lowest BCUT2D eigenvalue weighted by Gasteiger charge is -2.28. The van der Waals surface area contributed by atoms with E-state index in [4.69, 9.17) is 14.2 Å². The number of carbonyl (C=O) groups is 2. The normalized spacial score (nSPS) is 31.9. The maximum absolute atomic E-state index is 11.7. The van der Waals surface area contributed by atoms with Gasteiger partial charge in [0.25, 0.3) is 0 Å². The minimum atomic E-state index is -0.870. The van der Waals surface area contributed by atoms with E-state index >= 15 is 0 Å². The average molecular weight is 284 g/mol. The third-order valence-corrected chi connectivity index (χ3v) is 4.83. The molecule has 1 saturated heterocycles. The molecule has 1 saturated carbocycles. The van der Waals surface area contributed by atoms with Crippen LogP contribution in [0.25, 0.3) is 0 Å². The van der Waals surface area contributed by atoms with Crippen molar-refractivity contribution in [2.75, 3.05) is 14.2 Å². The molecule has 2 rings (SSSR count). The van der Waals surface area contributed by atoms with Gasteiger partial charge < -0.3 is 14.2 Å². The molecule has 0 bridgehead atoms. The summed E-state index contributed by atoms with van der Waals surface area (Å²) in [6.07, 6.45) is 3.57. The van der Waals surface area contributed by atoms with Crippen LogP contribution in [-0.2, 0) is 23.8 Å². The van der Waals surface area contributed by atoms with Crippen LogP contribution in [0.3, 0.4) is 0 Å². The Kier molecular flexibility index (Phi) is 4.37. The molecule has 1 aliphatic heterocycles. The molecule has 20 heavy (non-hydrogen) atoms. The van der Waals surface area contributed by atoms with Crippen molar-refractivity contribution >= 4 is 11.9 Å². The summed E-state index contributed by atoms with van der Waals surface area (Å²) in [7, 11) is 2.58. The van der Waals surface area contributed by atoms with Crippen molar-refractivity contribution < 1.29 is 23.8 Å². The molecule has 2 aliphatic rings. The number of ether oxygens (including phenoxy) is 3. The van der Waals surface area contributed by atoms with Gasteiger partial charge in [-0.2, -0.15) is 0 Å². The molecule has 0 aromatic carbocycles. The number of fused-ring (bicyclic) bond motifs is 1. The van der Waals surface area contributed by atoms with Crippen LogP contribution in [0.15, 0.2) is 0 Å². The summed E-state index contributed by atoms with van der Waals surface area (Å²) >= 11 is 0. The number of methoxy groups -OCH3 is 2. The first-order chi connectivity index (χ1) is 9.43. The van der Waals surface area contributed by atoms with Gasteiger partial charge in [0, 0.05) is 6.42 Å². The van der Waals surface area contributed by atoms with Gasteiger partial charge >= 0.3 is 11.9 Å². The summed E-state index contributed by atoms with van der Waals surface area (Å²) in [6, 6.07) is 0. The molecular weight excluding hydrogens is 260 g/mol. The lowest BCUT2D eigenvalue weighted by molar-refractivity contribution is -0.159. The van der Waals surface area contributed by atoms with Gasteiger partial charge in [-0.3, -0.25) is 9.59 Å². The lowest BCUT2D eigenvalue weighted by Crippen LogP contribution is -2.35. The van der Waals surface area contributed by atoms with Crippen molar-refractivity contribution in [3.05, 3.63) is 0 Å². The lowest BCUT2D eigenvalue weighted by atomic mass is 9.74. The Balaban J connectivity index is 2.00. The highest BCUT2D eigenvalue weighted by molar-refractivity contribution is 5.95. The van der Waals surface area contributed by atoms with Crippen molar-refractivity contribution in [1.82, 2.24) is 0 Å². The molecule has 1 heterocycles. The van der Waals surface area contributed by atoms with E-state index in [0.717, 1.165) is 19.3 Å². The SMILES string of the molecule is COC(=O)C(C[C@@]12CC[C@H](C(C)C)CC1O2)C(=O)OC. The predicted molar refractivity (Wildman–Crippen MR) is 71.9 cm³/mol. The smallest absolute Gasteiger partial charge is 0.320 e. The number of hydrogen-bond donors (Lipinski definition) is 0. The fourth-order valence-electron chi connectivity index (χ4n) is 3.33. The second-order valence-corrected chi connectivity index (χ2v) is 6.25. The maximum Gasteiger partial charge on any atom is 0.320 e. The van der Waals surface area contributed by atoms with Gasteiger partial charge in [0.1, 0.15) is 0 Å². The molecule has 0 amide bonds. The Morgan fingerprint density at radius 3 is 2.30 bits per heavy atom. The van der Waals surface area contributed by atoms with E-state index in [9.17, 15) is 9.59 Å². The fraction of sp³-hybridized carbons (Fsp3) is 0.867. The van der Waals surface area contributed by atoms with E-state index in [-0.39, 0.29) is 11.7 Å². The molecule has 3 atom stereocenters. The van der Waals surface area contributed by atoms with E-state index in [2.05, 4.69) is 13.8 Å². The molecule has 0 aromatic rings. The zero-order valence-electron chi connectivity index (χ0n) is 12.7. The zero-order valence-corrected chi connectivity index (χ0v) is 12.7. The topological polar surface area (TPSA) is 65.1 Å². The summed E-state index contributed by atoms with van der Waals surface area (Å²) in [5.74, 6) is -0.622. The van der Waals surface area contributed by atoms with Crippen molar-refractivity contribution in [3.8, 4) is 0 Å². The minimum absolute atomic E-state index is 0.181. The quantitative estimate of drug-likeness (QED) is 0.438. The number of rotatable bonds is 5. The molecule has 0 radical (unpaired) electrons. The highest BCUT2D eigenvalue weighted by Gasteiger charge is 2.61. The van der Waals surface area contributed by atoms with E-state index in [1.165, 1.54) is 14.2 Å². The Bertz CT molecular complexity index is 376. The summed E-state index contributed by atoms with van der Waals surface area (Å²) in [5.41, 5.74) is -0.307. The second-order valence-electron chi connectivity index (χ2n) is 6.25. The van der Waals surface area contributed by atoms with Crippen molar-refractivity contribution in [1.29, 1.82) is 0 Å². The fourth-order valence-corrected chi connectivity index (χ4v) is 3.33. The number of carbonyl (C=O) groups excluding carboxylic acids is 2. The van der Waals surface area contributed by atoms with Gasteiger partial charge in [0.05, 0.1) is 25.9 Å². The second kappa shape index (κ2) is 5.72. The van der Waals surface area contributed by atoms with Gasteiger partial charge in [0.15, 0.2) is 5.92 Å². The van der Waals surface area contributed by atoms with Crippen molar-refractivity contribution in [2.45, 2.75) is 51.2 Å². The Hall–Kier alpha value is -1.10. The maximum atomic E-state index is 11.7. The molecule has 0 N–H and O–H groups in total. The van der Waals surface area contributed by atoms with E-state index < -0.39 is 17.9 Å². The first kappa shape index (κ1) is 15.3. The number of epoxide rings is 1. The van der Waals surface area contributed by atoms with E-state index in [1.807, 2.05) is 0 Å². The molecule has 1 aliphatic carbocycles. The predicted octanol–water partition coefficient (Wildman–Crippen LogP) is 1.93. The van der Waals surface area contributed by atoms with Crippen LogP contribution in [0.4, 0.5) is 0 Å². The van der Waals surface area contributed by atoms with Gasteiger partial charge in [0.2, 0.25) is 0 Å². The Morgan fingerprint density at radius 2 is 1.85 bits per heavy atom. The summed E-state index contributed by atoms with van der Waals surface area (Å²) in [5, 5.41) is 0. The number of esters is 2. The number of hydrogen-bond acceptors (Lipinski definition) is 5. The van der Waals surface area contributed by atoms with Crippen LogP contribution in [0.2, 0.25) is 0 Å². The highest BCUT2D eigenvalue weighted by Crippen LogP contribution is 2.54. The Labute approximate surface area is 120 Å². The third-order valence-electron chi connectivity index (χ3n) is 4.83. The van der Waals surface area contributed by atoms with Crippen LogP contribution in [0, 0.1) is 17.8 Å². The standard InChI is InChI=1S/C15H24O5/c1-9(2)10-5-6-15(12(7-10)20-15)8-11(13(16)18-3)14(17)19-4/h9-12H,5-8H2,1-4H3/t10-,12?,15-/m0/s1. The zero-order chi connectivity index (χ0) is 14.9. The van der Waals surface area contributed by atoms with Crippen LogP contribution in [-0.4, -0.2) is 37.9 Å². The molecule has 5 nitrogen and oxygen atoms in total. The summed E-state index contributed by atoms with van der Waals surface area (Å²) in [6.45, 7) is 4.46. The van der Waals surface area contributed by atoms with E-state index in [0.29, 0.717) is 18.3 Å². The molecular formula is C15H24O5. The van der Waals surface area contributed by atoms with Crippen LogP contribution in [0.5, 0.6) is 0 Å². The molecule has 5 heteroatoms. The third kappa shape index (κ3) is 2.82. The van der Waals surface area contributed by atoms with Gasteiger partial charge in [-0.1, -0.05) is 13.8 Å². The van der Waals surface area contributed by atoms with Crippen LogP contribution in [0.1, 0.15) is 39.5 Å². The highest BCUT2D eigenvalue weighted by atomic mass is 16.6. The first-order valence-corrected chi connectivity index (χ1v) is 7.27. The average Bonchev–Trinajstić information content (AvgIpc) is 3.16. The Morgan fingerprint density at radius 1 is 1.25 bits per heavy atom. The van der Waals surface area contributed by atoms with Gasteiger partial charge in [-0.15, -0.1) is 0 Å². The largest absolute Gasteiger partial charge is 0.468 e. The first-order valence-electron chi connectivity index (χ1n) is 7.27. The van der Waals surface area contributed by atoms with Crippen LogP contribution < -0.4 is 0 Å². The van der Waals surface area contributed by atoms with Crippen LogP contribution >= 0.6 is 0 Å². The summed E-state index contributed by atoms with van der Waals surface area (Å²) < 4.78 is 15.3. The molecule has 2 fully saturated rings. The molecule has 114 valence electrons. The molecule has 0 spiro atoms. The monoisotopic (exact) mass is 284 g/mol. The van der Waals surface area contributed by atoms with Gasteiger partial charge in [-0.25, -0.2) is 0 Å².